The zero-order chi connectivity index (χ0) is 16.4. The first-order valence-corrected chi connectivity index (χ1v) is 9.16. The average molecular weight is 342 g/mol. The summed E-state index contributed by atoms with van der Waals surface area (Å²) in [5, 5.41) is 4.99. The molecule has 23 heavy (non-hydrogen) atoms. The van der Waals surface area contributed by atoms with Crippen molar-refractivity contribution in [3.63, 3.8) is 0 Å². The highest BCUT2D eigenvalue weighted by atomic mass is 32.1. The molecule has 0 saturated carbocycles. The number of nitrogens with zero attached hydrogens (tertiary/aromatic N) is 2. The number of amides is 1. The Bertz CT molecular complexity index is 794. The number of aromatic nitrogens is 1. The van der Waals surface area contributed by atoms with Crippen LogP contribution in [-0.2, 0) is 0 Å². The van der Waals surface area contributed by atoms with Crippen LogP contribution in [0.25, 0.3) is 10.6 Å². The Morgan fingerprint density at radius 2 is 1.96 bits per heavy atom. The van der Waals surface area contributed by atoms with Crippen LogP contribution in [0.15, 0.2) is 47.2 Å². The van der Waals surface area contributed by atoms with Gasteiger partial charge in [-0.25, -0.2) is 4.98 Å². The fraction of sp³-hybridized carbons (Fsp3) is 0.222. The van der Waals surface area contributed by atoms with Crippen LogP contribution in [0, 0.1) is 6.92 Å². The number of thiophene rings is 1. The van der Waals surface area contributed by atoms with E-state index in [1.54, 1.807) is 16.2 Å². The minimum Gasteiger partial charge on any atom is -0.334 e. The zero-order valence-corrected chi connectivity index (χ0v) is 14.9. The van der Waals surface area contributed by atoms with E-state index in [2.05, 4.69) is 10.4 Å². The molecule has 2 heterocycles. The summed E-state index contributed by atoms with van der Waals surface area (Å²) in [6.07, 6.45) is 0. The predicted octanol–water partition coefficient (Wildman–Crippen LogP) is 5.01. The molecule has 118 valence electrons. The molecule has 0 aliphatic rings. The third kappa shape index (κ3) is 3.21. The number of aryl methyl sites for hydroxylation is 1. The predicted molar refractivity (Wildman–Crippen MR) is 97.1 cm³/mol. The topological polar surface area (TPSA) is 33.2 Å². The van der Waals surface area contributed by atoms with Crippen LogP contribution in [0.4, 0.5) is 0 Å². The molecule has 0 aliphatic carbocycles. The minimum absolute atomic E-state index is 0.0230. The smallest absolute Gasteiger partial charge is 0.266 e. The molecule has 0 unspecified atom stereocenters. The fourth-order valence-electron chi connectivity index (χ4n) is 2.40. The molecule has 3 rings (SSSR count). The highest BCUT2D eigenvalue weighted by molar-refractivity contribution is 7.17. The number of carbonyl (C=O) groups excluding carboxylic acids is 1. The van der Waals surface area contributed by atoms with E-state index in [0.717, 1.165) is 26.7 Å². The van der Waals surface area contributed by atoms with Crippen LogP contribution in [-0.4, -0.2) is 22.8 Å². The molecule has 0 bridgehead atoms. The van der Waals surface area contributed by atoms with Crippen LogP contribution < -0.4 is 0 Å². The second-order valence-electron chi connectivity index (χ2n) is 5.45. The first-order valence-electron chi connectivity index (χ1n) is 7.40. The maximum atomic E-state index is 12.9. The van der Waals surface area contributed by atoms with E-state index in [-0.39, 0.29) is 11.9 Å². The summed E-state index contributed by atoms with van der Waals surface area (Å²) < 4.78 is 0. The van der Waals surface area contributed by atoms with Crippen molar-refractivity contribution in [2.75, 3.05) is 7.05 Å². The van der Waals surface area contributed by atoms with E-state index in [1.807, 2.05) is 62.7 Å². The molecule has 1 atom stereocenters. The Hall–Kier alpha value is -1.98. The van der Waals surface area contributed by atoms with E-state index in [0.29, 0.717) is 0 Å². The largest absolute Gasteiger partial charge is 0.334 e. The average Bonchev–Trinajstić information content (AvgIpc) is 3.23. The van der Waals surface area contributed by atoms with Gasteiger partial charge in [-0.05, 0) is 30.9 Å². The third-order valence-corrected chi connectivity index (χ3v) is 5.82. The lowest BCUT2D eigenvalue weighted by Gasteiger charge is -2.25. The first-order chi connectivity index (χ1) is 11.1. The number of benzene rings is 1. The molecule has 5 heteroatoms. The molecule has 0 spiro atoms. The van der Waals surface area contributed by atoms with Crippen molar-refractivity contribution in [1.29, 1.82) is 0 Å². The van der Waals surface area contributed by atoms with Crippen molar-refractivity contribution in [1.82, 2.24) is 9.88 Å². The van der Waals surface area contributed by atoms with E-state index in [4.69, 9.17) is 0 Å². The normalized spacial score (nSPS) is 12.1. The number of rotatable bonds is 4. The summed E-state index contributed by atoms with van der Waals surface area (Å²) in [5.74, 6) is 0.0258. The second kappa shape index (κ2) is 6.64. The van der Waals surface area contributed by atoms with Gasteiger partial charge in [0.25, 0.3) is 5.91 Å². The van der Waals surface area contributed by atoms with Crippen molar-refractivity contribution in [2.24, 2.45) is 0 Å². The van der Waals surface area contributed by atoms with Crippen LogP contribution in [0.1, 0.15) is 33.9 Å². The van der Waals surface area contributed by atoms with Gasteiger partial charge in [-0.1, -0.05) is 30.3 Å². The standard InChI is InChI=1S/C18H18N2OS2/c1-12-16(23-17(19-12)15-9-10-22-11-15)18(21)20(3)13(2)14-7-5-4-6-8-14/h4-11,13H,1-3H3/t13-/m0/s1. The van der Waals surface area contributed by atoms with Gasteiger partial charge in [0, 0.05) is 18.0 Å². The number of hydrogen-bond donors (Lipinski definition) is 0. The Balaban J connectivity index is 1.85. The SMILES string of the molecule is Cc1nc(-c2ccsc2)sc1C(=O)N(C)[C@@H](C)c1ccccc1. The highest BCUT2D eigenvalue weighted by Crippen LogP contribution is 2.31. The molecule has 1 aromatic carbocycles. The number of carbonyl (C=O) groups is 1. The van der Waals surface area contributed by atoms with Gasteiger partial charge in [0.2, 0.25) is 0 Å². The van der Waals surface area contributed by atoms with E-state index in [1.165, 1.54) is 11.3 Å². The Morgan fingerprint density at radius 3 is 2.61 bits per heavy atom. The van der Waals surface area contributed by atoms with Crippen molar-refractivity contribution < 1.29 is 4.79 Å². The summed E-state index contributed by atoms with van der Waals surface area (Å²) in [4.78, 5) is 19.9. The zero-order valence-electron chi connectivity index (χ0n) is 13.3. The van der Waals surface area contributed by atoms with Crippen molar-refractivity contribution in [2.45, 2.75) is 19.9 Å². The molecular formula is C18H18N2OS2. The van der Waals surface area contributed by atoms with Crippen LogP contribution in [0.5, 0.6) is 0 Å². The summed E-state index contributed by atoms with van der Waals surface area (Å²) in [7, 11) is 1.85. The van der Waals surface area contributed by atoms with Crippen molar-refractivity contribution in [3.8, 4) is 10.6 Å². The molecule has 0 aliphatic heterocycles. The van der Waals surface area contributed by atoms with Crippen LogP contribution in [0.2, 0.25) is 0 Å². The molecule has 0 N–H and O–H groups in total. The Morgan fingerprint density at radius 1 is 1.22 bits per heavy atom. The lowest BCUT2D eigenvalue weighted by atomic mass is 10.1. The maximum Gasteiger partial charge on any atom is 0.266 e. The monoisotopic (exact) mass is 342 g/mol. The quantitative estimate of drug-likeness (QED) is 0.667. The summed E-state index contributed by atoms with van der Waals surface area (Å²) in [6.45, 7) is 3.95. The molecule has 0 saturated heterocycles. The van der Waals surface area contributed by atoms with E-state index in [9.17, 15) is 4.79 Å². The molecule has 1 amide bonds. The first kappa shape index (κ1) is 15.9. The van der Waals surface area contributed by atoms with Gasteiger partial charge in [-0.3, -0.25) is 4.79 Å². The van der Waals surface area contributed by atoms with E-state index >= 15 is 0 Å². The maximum absolute atomic E-state index is 12.9. The van der Waals surface area contributed by atoms with Gasteiger partial charge in [-0.15, -0.1) is 11.3 Å². The van der Waals surface area contributed by atoms with Gasteiger partial charge in [0.1, 0.15) is 9.88 Å². The molecular weight excluding hydrogens is 324 g/mol. The molecule has 0 fully saturated rings. The van der Waals surface area contributed by atoms with Gasteiger partial charge in [0.15, 0.2) is 0 Å². The van der Waals surface area contributed by atoms with Gasteiger partial charge in [-0.2, -0.15) is 11.3 Å². The number of hydrogen-bond acceptors (Lipinski definition) is 4. The minimum atomic E-state index is 0.0230. The lowest BCUT2D eigenvalue weighted by Crippen LogP contribution is -2.29. The van der Waals surface area contributed by atoms with Gasteiger partial charge >= 0.3 is 0 Å². The summed E-state index contributed by atoms with van der Waals surface area (Å²) >= 11 is 3.11. The molecule has 0 radical (unpaired) electrons. The Kier molecular flexibility index (Phi) is 4.59. The lowest BCUT2D eigenvalue weighted by molar-refractivity contribution is 0.0746. The van der Waals surface area contributed by atoms with Crippen LogP contribution >= 0.6 is 22.7 Å². The molecule has 2 aromatic heterocycles. The van der Waals surface area contributed by atoms with Crippen molar-refractivity contribution >= 4 is 28.6 Å². The summed E-state index contributed by atoms with van der Waals surface area (Å²) in [5.41, 5.74) is 3.01. The summed E-state index contributed by atoms with van der Waals surface area (Å²) in [6, 6.07) is 12.1. The highest BCUT2D eigenvalue weighted by Gasteiger charge is 2.23. The fourth-order valence-corrected chi connectivity index (χ4v) is 4.16. The third-order valence-electron chi connectivity index (χ3n) is 3.94. The second-order valence-corrected chi connectivity index (χ2v) is 7.23. The van der Waals surface area contributed by atoms with Crippen LogP contribution in [0.3, 0.4) is 0 Å². The van der Waals surface area contributed by atoms with Gasteiger partial charge in [0.05, 0.1) is 11.7 Å². The molecule has 3 nitrogen and oxygen atoms in total. The van der Waals surface area contributed by atoms with Gasteiger partial charge < -0.3 is 4.90 Å². The Labute approximate surface area is 144 Å². The number of thiazole rings is 1. The van der Waals surface area contributed by atoms with E-state index < -0.39 is 0 Å². The molecule has 3 aromatic rings. The van der Waals surface area contributed by atoms with Crippen molar-refractivity contribution in [3.05, 3.63) is 63.3 Å².